The molecule has 0 N–H and O–H groups in total. The van der Waals surface area contributed by atoms with Crippen molar-refractivity contribution in [1.29, 1.82) is 0 Å². The van der Waals surface area contributed by atoms with E-state index in [1.54, 1.807) is 13.0 Å². The summed E-state index contributed by atoms with van der Waals surface area (Å²) < 4.78 is 1.47. The van der Waals surface area contributed by atoms with Crippen molar-refractivity contribution in [2.45, 2.75) is 6.92 Å². The molecular formula is C9H9N2OP. The maximum Gasteiger partial charge on any atom is 0.264 e. The van der Waals surface area contributed by atoms with Crippen molar-refractivity contribution in [3.8, 4) is 0 Å². The lowest BCUT2D eigenvalue weighted by Gasteiger charge is -2.03. The zero-order valence-corrected chi connectivity index (χ0v) is 8.34. The van der Waals surface area contributed by atoms with Crippen LogP contribution in [0.15, 0.2) is 29.1 Å². The maximum atomic E-state index is 11.7. The first-order chi connectivity index (χ1) is 6.20. The van der Waals surface area contributed by atoms with E-state index in [-0.39, 0.29) is 5.56 Å². The summed E-state index contributed by atoms with van der Waals surface area (Å²) in [7, 11) is 2.36. The zero-order chi connectivity index (χ0) is 9.42. The Kier molecular flexibility index (Phi) is 1.89. The average Bonchev–Trinajstić information content (AvgIpc) is 2.15. The van der Waals surface area contributed by atoms with Crippen LogP contribution in [0.2, 0.25) is 0 Å². The number of rotatable bonds is 0. The Bertz CT molecular complexity index is 518. The van der Waals surface area contributed by atoms with Crippen LogP contribution < -0.4 is 5.56 Å². The lowest BCUT2D eigenvalue weighted by atomic mass is 10.2. The van der Waals surface area contributed by atoms with E-state index < -0.39 is 0 Å². The Morgan fingerprint density at radius 2 is 2.08 bits per heavy atom. The van der Waals surface area contributed by atoms with Gasteiger partial charge in [-0.1, -0.05) is 12.1 Å². The molecule has 0 saturated carbocycles. The van der Waals surface area contributed by atoms with Crippen molar-refractivity contribution in [3.63, 3.8) is 0 Å². The highest BCUT2D eigenvalue weighted by Crippen LogP contribution is 2.08. The molecule has 2 rings (SSSR count). The average molecular weight is 192 g/mol. The van der Waals surface area contributed by atoms with Gasteiger partial charge < -0.3 is 0 Å². The molecule has 1 aromatic heterocycles. The lowest BCUT2D eigenvalue weighted by molar-refractivity contribution is 1.00. The molecule has 13 heavy (non-hydrogen) atoms. The predicted octanol–water partition coefficient (Wildman–Crippen LogP) is 1.34. The predicted molar refractivity (Wildman–Crippen MR) is 55.8 cm³/mol. The maximum absolute atomic E-state index is 11.7. The summed E-state index contributed by atoms with van der Waals surface area (Å²) in [5.74, 6) is 0.703. The number of fused-ring (bicyclic) bond motifs is 1. The third-order valence-corrected chi connectivity index (χ3v) is 2.59. The summed E-state index contributed by atoms with van der Waals surface area (Å²) >= 11 is 0. The van der Waals surface area contributed by atoms with E-state index in [4.69, 9.17) is 0 Å². The van der Waals surface area contributed by atoms with Crippen LogP contribution in [0.4, 0.5) is 0 Å². The van der Waals surface area contributed by atoms with Gasteiger partial charge in [0.2, 0.25) is 0 Å². The van der Waals surface area contributed by atoms with E-state index >= 15 is 0 Å². The molecule has 0 saturated heterocycles. The molecule has 2 aromatic rings. The fourth-order valence-electron chi connectivity index (χ4n) is 1.26. The number of para-hydroxylation sites is 1. The first-order valence-corrected chi connectivity index (χ1v) is 4.45. The number of hydrogen-bond acceptors (Lipinski definition) is 2. The van der Waals surface area contributed by atoms with Gasteiger partial charge in [-0.2, -0.15) is 0 Å². The van der Waals surface area contributed by atoms with E-state index in [9.17, 15) is 4.79 Å². The molecule has 0 spiro atoms. The molecule has 0 aliphatic rings. The van der Waals surface area contributed by atoms with Crippen LogP contribution in [0.5, 0.6) is 0 Å². The van der Waals surface area contributed by atoms with Gasteiger partial charge in [-0.05, 0) is 28.4 Å². The Morgan fingerprint density at radius 3 is 2.85 bits per heavy atom. The minimum Gasteiger partial charge on any atom is -0.281 e. The number of hydrogen-bond donors (Lipinski definition) is 0. The number of nitrogens with zero attached hydrogens (tertiary/aromatic N) is 2. The van der Waals surface area contributed by atoms with Gasteiger partial charge in [0.1, 0.15) is 5.82 Å². The minimum atomic E-state index is -0.0203. The van der Waals surface area contributed by atoms with Gasteiger partial charge in [-0.25, -0.2) is 4.98 Å². The molecule has 0 fully saturated rings. The quantitative estimate of drug-likeness (QED) is 0.590. The summed E-state index contributed by atoms with van der Waals surface area (Å²) in [4.78, 5) is 15.9. The van der Waals surface area contributed by atoms with Gasteiger partial charge in [0.25, 0.3) is 5.56 Å². The molecule has 4 heteroatoms. The SMILES string of the molecule is Cc1nc2ccccc2c(=O)n1P. The van der Waals surface area contributed by atoms with E-state index in [2.05, 4.69) is 14.4 Å². The summed E-state index contributed by atoms with van der Waals surface area (Å²) in [5.41, 5.74) is 0.733. The molecule has 0 amide bonds. The van der Waals surface area contributed by atoms with E-state index in [1.165, 1.54) is 4.34 Å². The fourth-order valence-corrected chi connectivity index (χ4v) is 1.45. The molecular weight excluding hydrogens is 183 g/mol. The molecule has 66 valence electrons. The molecule has 0 bridgehead atoms. The normalized spacial score (nSPS) is 10.6. The van der Waals surface area contributed by atoms with Crippen LogP contribution in [-0.2, 0) is 0 Å². The largest absolute Gasteiger partial charge is 0.281 e. The Balaban J connectivity index is 3.03. The summed E-state index contributed by atoms with van der Waals surface area (Å²) in [6, 6.07) is 7.34. The fraction of sp³-hybridized carbons (Fsp3) is 0.111. The lowest BCUT2D eigenvalue weighted by Crippen LogP contribution is -2.16. The van der Waals surface area contributed by atoms with Crippen LogP contribution in [0.1, 0.15) is 5.82 Å². The summed E-state index contributed by atoms with van der Waals surface area (Å²) in [6.45, 7) is 1.81. The van der Waals surface area contributed by atoms with Gasteiger partial charge in [0.15, 0.2) is 0 Å². The van der Waals surface area contributed by atoms with Crippen molar-refractivity contribution in [2.24, 2.45) is 0 Å². The van der Waals surface area contributed by atoms with Gasteiger partial charge in [-0.3, -0.25) is 9.13 Å². The second-order valence-corrected chi connectivity index (χ2v) is 3.37. The van der Waals surface area contributed by atoms with Crippen molar-refractivity contribution in [2.75, 3.05) is 0 Å². The molecule has 1 atom stereocenters. The van der Waals surface area contributed by atoms with Crippen LogP contribution in [0.3, 0.4) is 0 Å². The van der Waals surface area contributed by atoms with Gasteiger partial charge in [0.05, 0.1) is 10.9 Å². The molecule has 1 unspecified atom stereocenters. The minimum absolute atomic E-state index is 0.0203. The second kappa shape index (κ2) is 2.93. The first kappa shape index (κ1) is 8.39. The van der Waals surface area contributed by atoms with E-state index in [0.29, 0.717) is 11.2 Å². The standard InChI is InChI=1S/C9H9N2OP/c1-6-10-8-5-3-2-4-7(8)9(12)11(6)13/h2-5H,13H2,1H3. The van der Waals surface area contributed by atoms with Crippen molar-refractivity contribution in [3.05, 3.63) is 40.4 Å². The zero-order valence-electron chi connectivity index (χ0n) is 7.19. The van der Waals surface area contributed by atoms with Gasteiger partial charge in [0, 0.05) is 0 Å². The number of aromatic nitrogens is 2. The van der Waals surface area contributed by atoms with Crippen molar-refractivity contribution >= 4 is 20.3 Å². The van der Waals surface area contributed by atoms with Crippen molar-refractivity contribution in [1.82, 2.24) is 9.32 Å². The van der Waals surface area contributed by atoms with Crippen molar-refractivity contribution < 1.29 is 0 Å². The van der Waals surface area contributed by atoms with Crippen LogP contribution in [-0.4, -0.2) is 9.32 Å². The molecule has 0 radical (unpaired) electrons. The number of aryl methyl sites for hydroxylation is 1. The van der Waals surface area contributed by atoms with E-state index in [1.807, 2.05) is 18.2 Å². The smallest absolute Gasteiger partial charge is 0.264 e. The summed E-state index contributed by atoms with van der Waals surface area (Å²) in [5, 5.41) is 0.656. The molecule has 1 aromatic carbocycles. The highest BCUT2D eigenvalue weighted by Gasteiger charge is 2.02. The molecule has 1 heterocycles. The second-order valence-electron chi connectivity index (χ2n) is 2.85. The first-order valence-electron chi connectivity index (χ1n) is 3.93. The Hall–Kier alpha value is -1.21. The molecule has 3 nitrogen and oxygen atoms in total. The molecule has 0 aliphatic heterocycles. The van der Waals surface area contributed by atoms with Crippen LogP contribution in [0, 0.1) is 6.92 Å². The van der Waals surface area contributed by atoms with Crippen LogP contribution >= 0.6 is 9.39 Å². The summed E-state index contributed by atoms with van der Waals surface area (Å²) in [6.07, 6.45) is 0. The Morgan fingerprint density at radius 1 is 1.38 bits per heavy atom. The Labute approximate surface area is 77.7 Å². The third kappa shape index (κ3) is 1.25. The van der Waals surface area contributed by atoms with Gasteiger partial charge in [-0.15, -0.1) is 0 Å². The van der Waals surface area contributed by atoms with Crippen LogP contribution in [0.25, 0.3) is 10.9 Å². The van der Waals surface area contributed by atoms with E-state index in [0.717, 1.165) is 5.52 Å². The highest BCUT2D eigenvalue weighted by molar-refractivity contribution is 7.14. The molecule has 0 aliphatic carbocycles. The highest BCUT2D eigenvalue weighted by atomic mass is 31.0. The van der Waals surface area contributed by atoms with Gasteiger partial charge >= 0.3 is 0 Å². The third-order valence-electron chi connectivity index (χ3n) is 1.98. The topological polar surface area (TPSA) is 34.9 Å². The number of benzene rings is 1. The monoisotopic (exact) mass is 192 g/mol.